The van der Waals surface area contributed by atoms with Crippen molar-refractivity contribution in [2.45, 2.75) is 17.9 Å². The third kappa shape index (κ3) is 3.17. The number of carbonyl (C=O) groups excluding carboxylic acids is 1. The number of ether oxygens (including phenoxy) is 1. The number of morpholine rings is 1. The molecule has 0 aromatic carbocycles. The highest BCUT2D eigenvalue weighted by atomic mass is 32.2. The van der Waals surface area contributed by atoms with Crippen molar-refractivity contribution in [3.8, 4) is 0 Å². The monoisotopic (exact) mass is 355 g/mol. The summed E-state index contributed by atoms with van der Waals surface area (Å²) in [6.45, 7) is 3.01. The van der Waals surface area contributed by atoms with Crippen LogP contribution in [0.25, 0.3) is 0 Å². The van der Waals surface area contributed by atoms with E-state index in [1.54, 1.807) is 11.0 Å². The molecule has 0 unspecified atom stereocenters. The fourth-order valence-electron chi connectivity index (χ4n) is 2.60. The van der Waals surface area contributed by atoms with Gasteiger partial charge in [0.25, 0.3) is 5.91 Å². The Hall–Kier alpha value is -1.71. The summed E-state index contributed by atoms with van der Waals surface area (Å²) in [7, 11) is -3.43. The molecule has 7 nitrogen and oxygen atoms in total. The summed E-state index contributed by atoms with van der Waals surface area (Å²) in [6, 6.07) is 3.19. The number of aryl methyl sites for hydroxylation is 1. The van der Waals surface area contributed by atoms with Crippen LogP contribution in [-0.2, 0) is 14.6 Å². The van der Waals surface area contributed by atoms with E-state index in [2.05, 4.69) is 10.2 Å². The average molecular weight is 355 g/mol. The van der Waals surface area contributed by atoms with E-state index in [1.807, 2.05) is 13.0 Å². The van der Waals surface area contributed by atoms with Crippen LogP contribution in [0.5, 0.6) is 0 Å². The van der Waals surface area contributed by atoms with Gasteiger partial charge in [-0.25, -0.2) is 8.42 Å². The van der Waals surface area contributed by atoms with Crippen LogP contribution in [0, 0.1) is 6.92 Å². The molecule has 2 aromatic rings. The quantitative estimate of drug-likeness (QED) is 0.898. The van der Waals surface area contributed by atoms with E-state index in [9.17, 15) is 13.2 Å². The normalized spacial score (nSPS) is 19.0. The lowest BCUT2D eigenvalue weighted by Crippen LogP contribution is -2.43. The summed E-state index contributed by atoms with van der Waals surface area (Å²) in [5.74, 6) is -0.120. The van der Waals surface area contributed by atoms with Crippen LogP contribution in [-0.4, -0.2) is 55.4 Å². The number of rotatable bonds is 3. The van der Waals surface area contributed by atoms with Crippen molar-refractivity contribution >= 4 is 27.1 Å². The number of hydrogen-bond donors (Lipinski definition) is 1. The molecule has 2 aromatic heterocycles. The standard InChI is InChI=1S/C14H17N3O4S2/c1-9-3-4-11(22-9)14(18)17-5-6-21-8-10(17)13-12(7-15-16-13)23(2,19)20/h3-4,7,10H,5-6,8H2,1-2H3,(H,15,16)/t10-/m0/s1. The third-order valence-electron chi connectivity index (χ3n) is 3.71. The molecule has 1 N–H and O–H groups in total. The maximum absolute atomic E-state index is 12.8. The molecule has 1 fully saturated rings. The van der Waals surface area contributed by atoms with Gasteiger partial charge in [-0.05, 0) is 19.1 Å². The van der Waals surface area contributed by atoms with E-state index in [0.29, 0.717) is 23.7 Å². The van der Waals surface area contributed by atoms with Gasteiger partial charge in [-0.1, -0.05) is 0 Å². The number of nitrogens with zero attached hydrogens (tertiary/aromatic N) is 2. The summed E-state index contributed by atoms with van der Waals surface area (Å²) in [4.78, 5) is 16.2. The van der Waals surface area contributed by atoms with E-state index in [1.165, 1.54) is 17.5 Å². The summed E-state index contributed by atoms with van der Waals surface area (Å²) in [6.07, 6.45) is 2.40. The highest BCUT2D eigenvalue weighted by molar-refractivity contribution is 7.90. The van der Waals surface area contributed by atoms with Gasteiger partial charge in [0.05, 0.1) is 36.0 Å². The predicted molar refractivity (Wildman–Crippen MR) is 85.4 cm³/mol. The molecule has 1 aliphatic heterocycles. The number of aromatic nitrogens is 2. The Kier molecular flexibility index (Phi) is 4.26. The van der Waals surface area contributed by atoms with E-state index in [4.69, 9.17) is 4.74 Å². The molecular weight excluding hydrogens is 338 g/mol. The number of carbonyl (C=O) groups is 1. The van der Waals surface area contributed by atoms with Gasteiger partial charge in [0.1, 0.15) is 4.90 Å². The van der Waals surface area contributed by atoms with Crippen molar-refractivity contribution in [3.63, 3.8) is 0 Å². The topological polar surface area (TPSA) is 92.4 Å². The molecule has 1 amide bonds. The number of thiophene rings is 1. The van der Waals surface area contributed by atoms with Crippen molar-refractivity contribution in [1.29, 1.82) is 0 Å². The van der Waals surface area contributed by atoms with Crippen LogP contribution in [0.2, 0.25) is 0 Å². The van der Waals surface area contributed by atoms with Crippen molar-refractivity contribution in [3.05, 3.63) is 33.8 Å². The first-order chi connectivity index (χ1) is 10.9. The predicted octanol–water partition coefficient (Wildman–Crippen LogP) is 1.40. The fraction of sp³-hybridized carbons (Fsp3) is 0.429. The van der Waals surface area contributed by atoms with Gasteiger partial charge in [-0.15, -0.1) is 11.3 Å². The van der Waals surface area contributed by atoms with E-state index >= 15 is 0 Å². The van der Waals surface area contributed by atoms with Gasteiger partial charge in [-0.3, -0.25) is 9.89 Å². The van der Waals surface area contributed by atoms with Crippen LogP contribution >= 0.6 is 11.3 Å². The highest BCUT2D eigenvalue weighted by Gasteiger charge is 2.34. The van der Waals surface area contributed by atoms with Crippen LogP contribution < -0.4 is 0 Å². The minimum Gasteiger partial charge on any atom is -0.377 e. The minimum absolute atomic E-state index is 0.105. The van der Waals surface area contributed by atoms with Crippen molar-refractivity contribution in [1.82, 2.24) is 15.1 Å². The summed E-state index contributed by atoms with van der Waals surface area (Å²) < 4.78 is 29.3. The summed E-state index contributed by atoms with van der Waals surface area (Å²) in [5, 5.41) is 6.56. The number of hydrogen-bond acceptors (Lipinski definition) is 6. The molecule has 0 bridgehead atoms. The van der Waals surface area contributed by atoms with Gasteiger partial charge < -0.3 is 9.64 Å². The molecule has 0 aliphatic carbocycles. The van der Waals surface area contributed by atoms with E-state index < -0.39 is 15.9 Å². The smallest absolute Gasteiger partial charge is 0.264 e. The zero-order valence-electron chi connectivity index (χ0n) is 12.8. The van der Waals surface area contributed by atoms with Gasteiger partial charge in [0.15, 0.2) is 9.84 Å². The number of amides is 1. The first-order valence-corrected chi connectivity index (χ1v) is 9.77. The summed E-state index contributed by atoms with van der Waals surface area (Å²) >= 11 is 1.42. The molecule has 9 heteroatoms. The number of H-pyrrole nitrogens is 1. The maximum atomic E-state index is 12.8. The van der Waals surface area contributed by atoms with Crippen LogP contribution in [0.1, 0.15) is 26.3 Å². The Bertz CT molecular complexity index is 825. The molecule has 0 saturated carbocycles. The summed E-state index contributed by atoms with van der Waals surface area (Å²) in [5.41, 5.74) is 0.397. The van der Waals surface area contributed by atoms with Crippen LogP contribution in [0.15, 0.2) is 23.2 Å². The van der Waals surface area contributed by atoms with Gasteiger partial charge >= 0.3 is 0 Å². The second kappa shape index (κ2) is 6.06. The van der Waals surface area contributed by atoms with Crippen molar-refractivity contribution in [2.24, 2.45) is 0 Å². The van der Waals surface area contributed by atoms with Gasteiger partial charge in [-0.2, -0.15) is 5.10 Å². The first kappa shape index (κ1) is 16.2. The van der Waals surface area contributed by atoms with Gasteiger partial charge in [0.2, 0.25) is 0 Å². The molecule has 124 valence electrons. The average Bonchev–Trinajstić information content (AvgIpc) is 3.14. The lowest BCUT2D eigenvalue weighted by Gasteiger charge is -2.35. The Labute approximate surface area is 138 Å². The van der Waals surface area contributed by atoms with Crippen molar-refractivity contribution in [2.75, 3.05) is 26.0 Å². The molecule has 0 spiro atoms. The SMILES string of the molecule is Cc1ccc(C(=O)N2CCOC[C@H]2c2[nH]ncc2S(C)(=O)=O)s1. The first-order valence-electron chi connectivity index (χ1n) is 7.06. The number of aromatic amines is 1. The van der Waals surface area contributed by atoms with Crippen LogP contribution in [0.3, 0.4) is 0 Å². The third-order valence-corrected chi connectivity index (χ3v) is 5.82. The highest BCUT2D eigenvalue weighted by Crippen LogP contribution is 2.30. The van der Waals surface area contributed by atoms with Crippen LogP contribution in [0.4, 0.5) is 0 Å². The number of sulfone groups is 1. The molecule has 1 aliphatic rings. The van der Waals surface area contributed by atoms with E-state index in [0.717, 1.165) is 11.1 Å². The molecular formula is C14H17N3O4S2. The molecule has 1 atom stereocenters. The Morgan fingerprint density at radius 2 is 2.26 bits per heavy atom. The second-order valence-corrected chi connectivity index (χ2v) is 8.69. The molecule has 23 heavy (non-hydrogen) atoms. The Balaban J connectivity index is 1.97. The fourth-order valence-corrected chi connectivity index (χ4v) is 4.25. The molecule has 3 rings (SSSR count). The molecule has 1 saturated heterocycles. The van der Waals surface area contributed by atoms with E-state index in [-0.39, 0.29) is 17.4 Å². The Morgan fingerprint density at radius 1 is 1.48 bits per heavy atom. The maximum Gasteiger partial charge on any atom is 0.264 e. The minimum atomic E-state index is -3.43. The largest absolute Gasteiger partial charge is 0.377 e. The van der Waals surface area contributed by atoms with Gasteiger partial charge in [0, 0.05) is 17.7 Å². The Morgan fingerprint density at radius 3 is 2.91 bits per heavy atom. The number of nitrogens with one attached hydrogen (secondary N) is 1. The molecule has 3 heterocycles. The second-order valence-electron chi connectivity index (χ2n) is 5.42. The zero-order valence-corrected chi connectivity index (χ0v) is 14.4. The van der Waals surface area contributed by atoms with Crippen molar-refractivity contribution < 1.29 is 17.9 Å². The zero-order chi connectivity index (χ0) is 16.6. The lowest BCUT2D eigenvalue weighted by molar-refractivity contribution is -0.00442. The lowest BCUT2D eigenvalue weighted by atomic mass is 10.1. The molecule has 0 radical (unpaired) electrons.